The van der Waals surface area contributed by atoms with Gasteiger partial charge in [0.1, 0.15) is 12.1 Å². The van der Waals surface area contributed by atoms with E-state index in [-0.39, 0.29) is 5.95 Å². The number of ether oxygens (including phenoxy) is 1. The Balaban J connectivity index is 1.83. The number of fused-ring (bicyclic) bond motifs is 1. The molecule has 0 aliphatic heterocycles. The van der Waals surface area contributed by atoms with Gasteiger partial charge in [-0.15, -0.1) is 23.1 Å². The molecule has 0 saturated heterocycles. The standard InChI is InChI=1S/C11H11N5OS2/c1-18-7-2-6(19-4-7)3-17-10-8-9(14-5-13-8)15-11(12)16-10/h2,4-5H,3H2,1H3,(H3,12,13,14,15,16). The van der Waals surface area contributed by atoms with Crippen molar-refractivity contribution in [3.8, 4) is 5.88 Å². The minimum absolute atomic E-state index is 0.158. The van der Waals surface area contributed by atoms with Crippen LogP contribution in [0.2, 0.25) is 0 Å². The van der Waals surface area contributed by atoms with Crippen molar-refractivity contribution in [1.29, 1.82) is 0 Å². The van der Waals surface area contributed by atoms with Gasteiger partial charge in [-0.3, -0.25) is 0 Å². The van der Waals surface area contributed by atoms with Crippen LogP contribution in [0, 0.1) is 0 Å². The molecule has 3 aromatic rings. The molecular weight excluding hydrogens is 282 g/mol. The fraction of sp³-hybridized carbons (Fsp3) is 0.182. The Labute approximate surface area is 117 Å². The number of hydrogen-bond acceptors (Lipinski definition) is 7. The molecule has 0 atom stereocenters. The van der Waals surface area contributed by atoms with Crippen molar-refractivity contribution in [1.82, 2.24) is 19.9 Å². The van der Waals surface area contributed by atoms with Gasteiger partial charge >= 0.3 is 0 Å². The number of thioether (sulfide) groups is 1. The van der Waals surface area contributed by atoms with Crippen LogP contribution in [-0.2, 0) is 6.61 Å². The first-order chi connectivity index (χ1) is 9.26. The summed E-state index contributed by atoms with van der Waals surface area (Å²) in [6.07, 6.45) is 3.59. The molecule has 0 spiro atoms. The average molecular weight is 293 g/mol. The predicted octanol–water partition coefficient (Wildman–Crippen LogP) is 2.30. The summed E-state index contributed by atoms with van der Waals surface area (Å²) in [5.41, 5.74) is 6.80. The van der Waals surface area contributed by atoms with Crippen molar-refractivity contribution in [3.63, 3.8) is 0 Å². The van der Waals surface area contributed by atoms with Crippen LogP contribution >= 0.6 is 23.1 Å². The molecule has 0 fully saturated rings. The van der Waals surface area contributed by atoms with Crippen molar-refractivity contribution in [3.05, 3.63) is 22.7 Å². The quantitative estimate of drug-likeness (QED) is 0.717. The monoisotopic (exact) mass is 293 g/mol. The summed E-state index contributed by atoms with van der Waals surface area (Å²) in [6, 6.07) is 2.10. The maximum absolute atomic E-state index is 5.70. The number of aromatic amines is 1. The zero-order valence-electron chi connectivity index (χ0n) is 10.1. The molecule has 0 bridgehead atoms. The largest absolute Gasteiger partial charge is 0.470 e. The fourth-order valence-corrected chi connectivity index (χ4v) is 3.13. The highest BCUT2D eigenvalue weighted by Gasteiger charge is 2.10. The van der Waals surface area contributed by atoms with E-state index in [1.54, 1.807) is 29.4 Å². The second-order valence-corrected chi connectivity index (χ2v) is 5.61. The Bertz CT molecular complexity index is 708. The first-order valence-electron chi connectivity index (χ1n) is 5.47. The van der Waals surface area contributed by atoms with Gasteiger partial charge in [-0.1, -0.05) is 0 Å². The maximum atomic E-state index is 5.70. The molecule has 6 nitrogen and oxygen atoms in total. The lowest BCUT2D eigenvalue weighted by Gasteiger charge is -2.04. The highest BCUT2D eigenvalue weighted by molar-refractivity contribution is 7.98. The number of nitrogens with zero attached hydrogens (tertiary/aromatic N) is 3. The van der Waals surface area contributed by atoms with Gasteiger partial charge < -0.3 is 15.5 Å². The molecule has 3 rings (SSSR count). The number of anilines is 1. The number of nitrogens with two attached hydrogens (primary N) is 1. The summed E-state index contributed by atoms with van der Waals surface area (Å²) in [4.78, 5) is 17.5. The van der Waals surface area contributed by atoms with Crippen LogP contribution in [0.5, 0.6) is 5.88 Å². The third-order valence-corrected chi connectivity index (χ3v) is 4.25. The normalized spacial score (nSPS) is 11.0. The van der Waals surface area contributed by atoms with Crippen LogP contribution in [-0.4, -0.2) is 26.2 Å². The molecular formula is C11H11N5OS2. The number of aromatic nitrogens is 4. The van der Waals surface area contributed by atoms with Crippen molar-refractivity contribution >= 4 is 40.2 Å². The summed E-state index contributed by atoms with van der Waals surface area (Å²) in [5, 5.41) is 2.10. The van der Waals surface area contributed by atoms with E-state index in [1.807, 2.05) is 6.26 Å². The third-order valence-electron chi connectivity index (χ3n) is 2.49. The highest BCUT2D eigenvalue weighted by atomic mass is 32.2. The van der Waals surface area contributed by atoms with Crippen molar-refractivity contribution < 1.29 is 4.74 Å². The molecule has 0 aromatic carbocycles. The number of H-pyrrole nitrogens is 1. The second-order valence-electron chi connectivity index (χ2n) is 3.73. The number of thiophene rings is 1. The zero-order chi connectivity index (χ0) is 13.2. The lowest BCUT2D eigenvalue weighted by molar-refractivity contribution is 0.301. The summed E-state index contributed by atoms with van der Waals surface area (Å²) in [7, 11) is 0. The van der Waals surface area contributed by atoms with Gasteiger partial charge in [-0.2, -0.15) is 9.97 Å². The van der Waals surface area contributed by atoms with Crippen molar-refractivity contribution in [2.75, 3.05) is 12.0 Å². The van der Waals surface area contributed by atoms with Gasteiger partial charge in [0, 0.05) is 15.2 Å². The van der Waals surface area contributed by atoms with Crippen molar-refractivity contribution in [2.45, 2.75) is 11.5 Å². The molecule has 0 unspecified atom stereocenters. The molecule has 8 heteroatoms. The first-order valence-corrected chi connectivity index (χ1v) is 7.57. The summed E-state index contributed by atoms with van der Waals surface area (Å²) < 4.78 is 5.70. The maximum Gasteiger partial charge on any atom is 0.245 e. The Morgan fingerprint density at radius 3 is 3.16 bits per heavy atom. The van der Waals surface area contributed by atoms with Gasteiger partial charge in [0.2, 0.25) is 11.8 Å². The molecule has 3 aromatic heterocycles. The van der Waals surface area contributed by atoms with Gasteiger partial charge in [0.15, 0.2) is 5.65 Å². The lowest BCUT2D eigenvalue weighted by atomic mass is 10.5. The topological polar surface area (TPSA) is 89.7 Å². The minimum Gasteiger partial charge on any atom is -0.470 e. The smallest absolute Gasteiger partial charge is 0.245 e. The number of imidazole rings is 1. The molecule has 3 N–H and O–H groups in total. The predicted molar refractivity (Wildman–Crippen MR) is 76.5 cm³/mol. The summed E-state index contributed by atoms with van der Waals surface area (Å²) in [6.45, 7) is 0.454. The van der Waals surface area contributed by atoms with Crippen LogP contribution in [0.4, 0.5) is 5.95 Å². The SMILES string of the molecule is CSc1csc(COc2nc(N)nc3nc[nH]c23)c1. The van der Waals surface area contributed by atoms with Crippen LogP contribution in [0.3, 0.4) is 0 Å². The third kappa shape index (κ3) is 2.49. The van der Waals surface area contributed by atoms with E-state index in [4.69, 9.17) is 10.5 Å². The summed E-state index contributed by atoms with van der Waals surface area (Å²) >= 11 is 3.37. The molecule has 0 amide bonds. The van der Waals surface area contributed by atoms with Crippen LogP contribution in [0.25, 0.3) is 11.2 Å². The Morgan fingerprint density at radius 2 is 2.37 bits per heavy atom. The first kappa shape index (κ1) is 12.2. The van der Waals surface area contributed by atoms with Gasteiger partial charge in [-0.05, 0) is 12.3 Å². The summed E-state index contributed by atoms with van der Waals surface area (Å²) in [5.74, 6) is 0.588. The van der Waals surface area contributed by atoms with E-state index in [9.17, 15) is 0 Å². The average Bonchev–Trinajstić information content (AvgIpc) is 3.03. The number of rotatable bonds is 4. The lowest BCUT2D eigenvalue weighted by Crippen LogP contribution is -2.01. The van der Waals surface area contributed by atoms with E-state index >= 15 is 0 Å². The molecule has 3 heterocycles. The van der Waals surface area contributed by atoms with Crippen LogP contribution in [0.15, 0.2) is 22.7 Å². The number of nitrogen functional groups attached to an aromatic ring is 1. The van der Waals surface area contributed by atoms with E-state index in [1.165, 1.54) is 4.90 Å². The van der Waals surface area contributed by atoms with Crippen LogP contribution < -0.4 is 10.5 Å². The molecule has 0 saturated carbocycles. The molecule has 0 aliphatic carbocycles. The van der Waals surface area contributed by atoms with Crippen LogP contribution in [0.1, 0.15) is 4.88 Å². The molecule has 19 heavy (non-hydrogen) atoms. The van der Waals surface area contributed by atoms with Gasteiger partial charge in [0.05, 0.1) is 6.33 Å². The Hall–Kier alpha value is -1.80. The molecule has 98 valence electrons. The molecule has 0 radical (unpaired) electrons. The van der Waals surface area contributed by atoms with E-state index in [0.717, 1.165) is 4.88 Å². The van der Waals surface area contributed by atoms with E-state index < -0.39 is 0 Å². The van der Waals surface area contributed by atoms with E-state index in [2.05, 4.69) is 31.4 Å². The zero-order valence-corrected chi connectivity index (χ0v) is 11.7. The van der Waals surface area contributed by atoms with Gasteiger partial charge in [-0.25, -0.2) is 4.98 Å². The highest BCUT2D eigenvalue weighted by Crippen LogP contribution is 2.25. The van der Waals surface area contributed by atoms with Gasteiger partial charge in [0.25, 0.3) is 0 Å². The Kier molecular flexibility index (Phi) is 3.26. The molecule has 0 aliphatic rings. The number of hydrogen-bond donors (Lipinski definition) is 2. The fourth-order valence-electron chi connectivity index (χ4n) is 1.61. The Morgan fingerprint density at radius 1 is 1.47 bits per heavy atom. The van der Waals surface area contributed by atoms with E-state index in [0.29, 0.717) is 23.7 Å². The van der Waals surface area contributed by atoms with Crippen molar-refractivity contribution in [2.24, 2.45) is 0 Å². The number of nitrogens with one attached hydrogen (secondary N) is 1. The minimum atomic E-state index is 0.158. The second kappa shape index (κ2) is 5.06.